The van der Waals surface area contributed by atoms with E-state index in [1.807, 2.05) is 0 Å². The van der Waals surface area contributed by atoms with Crippen molar-refractivity contribution in [2.75, 3.05) is 0 Å². The first-order valence-corrected chi connectivity index (χ1v) is 9.09. The molecule has 7 heteroatoms. The minimum absolute atomic E-state index is 0. The Morgan fingerprint density at radius 3 is 1.62 bits per heavy atom. The average Bonchev–Trinajstić information content (AvgIpc) is 2.34. The Bertz CT molecular complexity index is 356. The van der Waals surface area contributed by atoms with Gasteiger partial charge in [0.15, 0.2) is 5.25 Å². The minimum atomic E-state index is -4.47. The molecule has 0 aliphatic carbocycles. The first-order chi connectivity index (χ1) is 9.39. The van der Waals surface area contributed by atoms with Crippen LogP contribution in [0.15, 0.2) is 0 Å². The van der Waals surface area contributed by atoms with Crippen molar-refractivity contribution in [2.45, 2.75) is 82.8 Å². The van der Waals surface area contributed by atoms with Crippen molar-refractivity contribution < 1.29 is 22.9 Å². The number of aliphatic carboxylic acids is 1. The summed E-state index contributed by atoms with van der Waals surface area (Å²) >= 11 is 0. The predicted molar refractivity (Wildman–Crippen MR) is 84.5 cm³/mol. The van der Waals surface area contributed by atoms with Gasteiger partial charge in [0.1, 0.15) is 0 Å². The number of carbonyl (C=O) groups is 1. The van der Waals surface area contributed by atoms with Gasteiger partial charge < -0.3 is 11.3 Å². The second-order valence-corrected chi connectivity index (χ2v) is 6.91. The van der Waals surface area contributed by atoms with Crippen molar-refractivity contribution in [2.24, 2.45) is 0 Å². The van der Waals surface area contributed by atoms with Crippen LogP contribution >= 0.6 is 0 Å². The Kier molecular flexibility index (Phi) is 14.0. The molecule has 0 heterocycles. The van der Waals surface area contributed by atoms with E-state index >= 15 is 0 Å². The van der Waals surface area contributed by atoms with E-state index in [1.165, 1.54) is 38.5 Å². The van der Waals surface area contributed by atoms with Crippen LogP contribution in [-0.4, -0.2) is 29.3 Å². The largest absolute Gasteiger partial charge is 0.480 e. The third kappa shape index (κ3) is 12.8. The van der Waals surface area contributed by atoms with E-state index in [0.717, 1.165) is 19.3 Å². The summed E-state index contributed by atoms with van der Waals surface area (Å²) < 4.78 is 30.5. The quantitative estimate of drug-likeness (QED) is 0.349. The summed E-state index contributed by atoms with van der Waals surface area (Å²) in [6.07, 6.45) is 11.0. The van der Waals surface area contributed by atoms with E-state index in [0.29, 0.717) is 6.42 Å². The van der Waals surface area contributed by atoms with Gasteiger partial charge in [-0.25, -0.2) is 0 Å². The number of unbranched alkanes of at least 4 members (excludes halogenated alkanes) is 9. The van der Waals surface area contributed by atoms with E-state index in [1.54, 1.807) is 0 Å². The fourth-order valence-corrected chi connectivity index (χ4v) is 2.94. The van der Waals surface area contributed by atoms with Gasteiger partial charge in [-0.1, -0.05) is 71.1 Å². The molecule has 0 aromatic rings. The zero-order valence-electron chi connectivity index (χ0n) is 13.1. The molecule has 0 spiro atoms. The zero-order chi connectivity index (χ0) is 15.4. The smallest absolute Gasteiger partial charge is 0.324 e. The molecule has 0 aromatic carbocycles. The summed E-state index contributed by atoms with van der Waals surface area (Å²) in [4.78, 5) is 10.7. The van der Waals surface area contributed by atoms with E-state index in [4.69, 9.17) is 9.66 Å². The lowest BCUT2D eigenvalue weighted by atomic mass is 10.1. The van der Waals surface area contributed by atoms with Gasteiger partial charge in [-0.2, -0.15) is 8.42 Å². The number of hydrogen-bond donors (Lipinski definition) is 3. The van der Waals surface area contributed by atoms with Gasteiger partial charge in [-0.15, -0.1) is 0 Å². The van der Waals surface area contributed by atoms with Gasteiger partial charge in [-0.05, 0) is 6.42 Å². The molecule has 21 heavy (non-hydrogen) atoms. The molecular weight excluding hydrogens is 294 g/mol. The molecule has 0 saturated carbocycles. The van der Waals surface area contributed by atoms with Crippen molar-refractivity contribution in [3.63, 3.8) is 0 Å². The third-order valence-corrected chi connectivity index (χ3v) is 4.61. The Morgan fingerprint density at radius 1 is 0.905 bits per heavy atom. The first kappa shape index (κ1) is 22.6. The Balaban J connectivity index is 0. The van der Waals surface area contributed by atoms with Crippen LogP contribution in [0.4, 0.5) is 0 Å². The van der Waals surface area contributed by atoms with E-state index in [-0.39, 0.29) is 12.6 Å². The van der Waals surface area contributed by atoms with Crippen molar-refractivity contribution >= 4 is 16.1 Å². The second kappa shape index (κ2) is 13.0. The van der Waals surface area contributed by atoms with Crippen molar-refractivity contribution in [3.05, 3.63) is 0 Å². The highest BCUT2D eigenvalue weighted by molar-refractivity contribution is 7.87. The monoisotopic (exact) mass is 325 g/mol. The van der Waals surface area contributed by atoms with Crippen molar-refractivity contribution in [3.8, 4) is 0 Å². The fourth-order valence-electron chi connectivity index (χ4n) is 2.22. The summed E-state index contributed by atoms with van der Waals surface area (Å²) in [7, 11) is -4.47. The highest BCUT2D eigenvalue weighted by atomic mass is 32.2. The summed E-state index contributed by atoms with van der Waals surface area (Å²) in [6.45, 7) is 2.19. The van der Waals surface area contributed by atoms with Crippen LogP contribution < -0.4 is 6.15 Å². The van der Waals surface area contributed by atoms with Gasteiger partial charge in [0, 0.05) is 0 Å². The Morgan fingerprint density at radius 2 is 1.29 bits per heavy atom. The molecule has 0 saturated heterocycles. The summed E-state index contributed by atoms with van der Waals surface area (Å²) in [5.41, 5.74) is 0. The molecule has 0 aliphatic heterocycles. The SMILES string of the molecule is CCCCCCCCCCCCC(C(=O)O)S(=O)(=O)O.N. The maximum Gasteiger partial charge on any atom is 0.324 e. The number of carboxylic acid groups (broad SMARTS) is 1. The highest BCUT2D eigenvalue weighted by Gasteiger charge is 2.29. The maximum absolute atomic E-state index is 10.8. The molecule has 0 rings (SSSR count). The molecular formula is C14H31NO5S. The lowest BCUT2D eigenvalue weighted by Crippen LogP contribution is -2.29. The molecule has 0 aromatic heterocycles. The van der Waals surface area contributed by atoms with Crippen LogP contribution in [0.3, 0.4) is 0 Å². The van der Waals surface area contributed by atoms with E-state index in [2.05, 4.69) is 6.92 Å². The molecule has 1 unspecified atom stereocenters. The van der Waals surface area contributed by atoms with Gasteiger partial charge in [-0.3, -0.25) is 9.35 Å². The van der Waals surface area contributed by atoms with Crippen molar-refractivity contribution in [1.82, 2.24) is 6.15 Å². The minimum Gasteiger partial charge on any atom is -0.480 e. The van der Waals surface area contributed by atoms with Crippen LogP contribution in [0.5, 0.6) is 0 Å². The molecule has 0 radical (unpaired) electrons. The van der Waals surface area contributed by atoms with E-state index < -0.39 is 21.3 Å². The highest BCUT2D eigenvalue weighted by Crippen LogP contribution is 2.14. The van der Waals surface area contributed by atoms with Crippen LogP contribution in [-0.2, 0) is 14.9 Å². The first-order valence-electron chi connectivity index (χ1n) is 7.58. The lowest BCUT2D eigenvalue weighted by molar-refractivity contribution is -0.136. The van der Waals surface area contributed by atoms with Crippen LogP contribution in [0.2, 0.25) is 0 Å². The molecule has 5 N–H and O–H groups in total. The van der Waals surface area contributed by atoms with Gasteiger partial charge in [0.25, 0.3) is 10.1 Å². The normalized spacial score (nSPS) is 12.7. The summed E-state index contributed by atoms with van der Waals surface area (Å²) in [6, 6.07) is 0. The van der Waals surface area contributed by atoms with Crippen molar-refractivity contribution in [1.29, 1.82) is 0 Å². The summed E-state index contributed by atoms with van der Waals surface area (Å²) in [5, 5.41) is 7.04. The number of carboxylic acids is 1. The van der Waals surface area contributed by atoms with Gasteiger partial charge in [0.05, 0.1) is 0 Å². The van der Waals surface area contributed by atoms with Crippen LogP contribution in [0.25, 0.3) is 0 Å². The molecule has 1 atom stereocenters. The van der Waals surface area contributed by atoms with E-state index in [9.17, 15) is 13.2 Å². The predicted octanol–water partition coefficient (Wildman–Crippen LogP) is 3.80. The third-order valence-electron chi connectivity index (χ3n) is 3.45. The fraction of sp³-hybridized carbons (Fsp3) is 0.929. The average molecular weight is 325 g/mol. The lowest BCUT2D eigenvalue weighted by Gasteiger charge is -2.08. The molecule has 0 aliphatic rings. The number of hydrogen-bond acceptors (Lipinski definition) is 4. The second-order valence-electron chi connectivity index (χ2n) is 5.31. The maximum atomic E-state index is 10.8. The molecule has 128 valence electrons. The van der Waals surface area contributed by atoms with Gasteiger partial charge in [0.2, 0.25) is 0 Å². The van der Waals surface area contributed by atoms with Gasteiger partial charge >= 0.3 is 5.97 Å². The number of rotatable bonds is 13. The molecule has 0 bridgehead atoms. The molecule has 0 amide bonds. The standard InChI is InChI=1S/C14H28O5S.H3N/c1-2-3-4-5-6-7-8-9-10-11-12-13(14(15)16)20(17,18)19;/h13H,2-12H2,1H3,(H,15,16)(H,17,18,19);1H3. The summed E-state index contributed by atoms with van der Waals surface area (Å²) in [5.74, 6) is -1.47. The molecule has 6 nitrogen and oxygen atoms in total. The van der Waals surface area contributed by atoms with Crippen LogP contribution in [0.1, 0.15) is 77.6 Å². The zero-order valence-corrected chi connectivity index (χ0v) is 13.9. The molecule has 0 fully saturated rings. The van der Waals surface area contributed by atoms with Crippen LogP contribution in [0, 0.1) is 0 Å². The Hall–Kier alpha value is -0.660. The topological polar surface area (TPSA) is 127 Å². The Labute approximate surface area is 128 Å².